The Kier molecular flexibility index (Phi) is 4.39. The summed E-state index contributed by atoms with van der Waals surface area (Å²) in [5.41, 5.74) is 0. The summed E-state index contributed by atoms with van der Waals surface area (Å²) in [5.74, 6) is 1.44. The third kappa shape index (κ3) is 3.66. The molecule has 1 unspecified atom stereocenters. The van der Waals surface area contributed by atoms with E-state index in [0.29, 0.717) is 24.2 Å². The molecule has 0 bridgehead atoms. The molecule has 1 heterocycles. The van der Waals surface area contributed by atoms with E-state index in [4.69, 9.17) is 0 Å². The third-order valence-electron chi connectivity index (χ3n) is 2.48. The van der Waals surface area contributed by atoms with Crippen LogP contribution in [0.2, 0.25) is 0 Å². The van der Waals surface area contributed by atoms with Crippen molar-refractivity contribution in [2.75, 3.05) is 26.2 Å². The van der Waals surface area contributed by atoms with Crippen molar-refractivity contribution in [3.63, 3.8) is 0 Å². The maximum absolute atomic E-state index is 11.7. The predicted molar refractivity (Wildman–Crippen MR) is 58.1 cm³/mol. The van der Waals surface area contributed by atoms with Crippen LogP contribution in [0.15, 0.2) is 0 Å². The van der Waals surface area contributed by atoms with E-state index >= 15 is 0 Å². The average molecular weight is 198 g/mol. The van der Waals surface area contributed by atoms with E-state index in [1.165, 1.54) is 0 Å². The van der Waals surface area contributed by atoms with Crippen LogP contribution in [0.1, 0.15) is 27.2 Å². The van der Waals surface area contributed by atoms with Crippen LogP contribution in [0.3, 0.4) is 0 Å². The van der Waals surface area contributed by atoms with Gasteiger partial charge in [-0.05, 0) is 18.4 Å². The van der Waals surface area contributed by atoms with Gasteiger partial charge in [-0.2, -0.15) is 0 Å². The van der Waals surface area contributed by atoms with Gasteiger partial charge in [0.15, 0.2) is 0 Å². The van der Waals surface area contributed by atoms with Crippen LogP contribution in [0, 0.1) is 11.8 Å². The van der Waals surface area contributed by atoms with Gasteiger partial charge in [-0.25, -0.2) is 0 Å². The quantitative estimate of drug-likeness (QED) is 0.720. The molecule has 3 nitrogen and oxygen atoms in total. The fourth-order valence-electron chi connectivity index (χ4n) is 1.86. The first-order chi connectivity index (χ1) is 6.59. The molecule has 0 aliphatic carbocycles. The molecule has 1 amide bonds. The third-order valence-corrected chi connectivity index (χ3v) is 2.48. The lowest BCUT2D eigenvalue weighted by Crippen LogP contribution is -2.43. The molecule has 1 aliphatic heterocycles. The molecule has 0 saturated carbocycles. The summed E-state index contributed by atoms with van der Waals surface area (Å²) in [6.45, 7) is 10.2. The number of nitrogens with one attached hydrogen (secondary N) is 1. The smallest absolute Gasteiger partial charge is 0.223 e. The molecule has 3 heteroatoms. The van der Waals surface area contributed by atoms with Gasteiger partial charge in [-0.15, -0.1) is 0 Å². The summed E-state index contributed by atoms with van der Waals surface area (Å²) in [6.07, 6.45) is 0.652. The molecule has 0 aromatic heterocycles. The monoisotopic (exact) mass is 198 g/mol. The molecule has 1 fully saturated rings. The lowest BCUT2D eigenvalue weighted by Gasteiger charge is -2.30. The Labute approximate surface area is 86.9 Å². The fourth-order valence-corrected chi connectivity index (χ4v) is 1.86. The van der Waals surface area contributed by atoms with Crippen molar-refractivity contribution in [3.05, 3.63) is 0 Å². The second kappa shape index (κ2) is 5.35. The van der Waals surface area contributed by atoms with Crippen molar-refractivity contribution in [1.29, 1.82) is 0 Å². The van der Waals surface area contributed by atoms with Crippen molar-refractivity contribution in [3.8, 4) is 0 Å². The SMILES string of the molecule is CC(C)CN1CC(C)CNCCC1=O. The van der Waals surface area contributed by atoms with Gasteiger partial charge in [0, 0.05) is 26.1 Å². The molecule has 1 N–H and O–H groups in total. The highest BCUT2D eigenvalue weighted by molar-refractivity contribution is 5.76. The van der Waals surface area contributed by atoms with Crippen molar-refractivity contribution in [1.82, 2.24) is 10.2 Å². The number of hydrogen-bond donors (Lipinski definition) is 1. The Morgan fingerprint density at radius 3 is 2.93 bits per heavy atom. The van der Waals surface area contributed by atoms with Crippen molar-refractivity contribution < 1.29 is 4.79 Å². The Morgan fingerprint density at radius 2 is 2.29 bits per heavy atom. The van der Waals surface area contributed by atoms with Crippen molar-refractivity contribution in [2.45, 2.75) is 27.2 Å². The van der Waals surface area contributed by atoms with Crippen LogP contribution in [-0.4, -0.2) is 37.0 Å². The Hall–Kier alpha value is -0.570. The van der Waals surface area contributed by atoms with Gasteiger partial charge in [0.25, 0.3) is 0 Å². The number of amides is 1. The number of carbonyl (C=O) groups is 1. The van der Waals surface area contributed by atoms with Gasteiger partial charge < -0.3 is 10.2 Å². The zero-order chi connectivity index (χ0) is 10.6. The highest BCUT2D eigenvalue weighted by Gasteiger charge is 2.19. The van der Waals surface area contributed by atoms with E-state index in [1.807, 2.05) is 4.90 Å². The molecule has 0 radical (unpaired) electrons. The largest absolute Gasteiger partial charge is 0.342 e. The lowest BCUT2D eigenvalue weighted by atomic mass is 10.1. The first-order valence-corrected chi connectivity index (χ1v) is 5.58. The van der Waals surface area contributed by atoms with Gasteiger partial charge in [0.1, 0.15) is 0 Å². The van der Waals surface area contributed by atoms with Crippen LogP contribution in [-0.2, 0) is 4.79 Å². The van der Waals surface area contributed by atoms with Gasteiger partial charge >= 0.3 is 0 Å². The number of rotatable bonds is 2. The van der Waals surface area contributed by atoms with Gasteiger partial charge in [0.2, 0.25) is 5.91 Å². The molecule has 1 aliphatic rings. The van der Waals surface area contributed by atoms with E-state index in [2.05, 4.69) is 26.1 Å². The minimum atomic E-state index is 0.303. The van der Waals surface area contributed by atoms with Crippen LogP contribution >= 0.6 is 0 Å². The van der Waals surface area contributed by atoms with E-state index < -0.39 is 0 Å². The minimum absolute atomic E-state index is 0.303. The Bertz CT molecular complexity index is 192. The molecule has 0 spiro atoms. The van der Waals surface area contributed by atoms with Crippen LogP contribution in [0.25, 0.3) is 0 Å². The molecule has 1 saturated heterocycles. The molecule has 1 rings (SSSR count). The Morgan fingerprint density at radius 1 is 1.57 bits per heavy atom. The first-order valence-electron chi connectivity index (χ1n) is 5.58. The lowest BCUT2D eigenvalue weighted by molar-refractivity contribution is -0.132. The van der Waals surface area contributed by atoms with Crippen molar-refractivity contribution in [2.24, 2.45) is 11.8 Å². The summed E-state index contributed by atoms with van der Waals surface area (Å²) >= 11 is 0. The number of hydrogen-bond acceptors (Lipinski definition) is 2. The molecule has 14 heavy (non-hydrogen) atoms. The normalized spacial score (nSPS) is 25.0. The van der Waals surface area contributed by atoms with E-state index in [0.717, 1.165) is 26.2 Å². The van der Waals surface area contributed by atoms with E-state index in [9.17, 15) is 4.79 Å². The maximum Gasteiger partial charge on any atom is 0.223 e. The second-order valence-electron chi connectivity index (χ2n) is 4.75. The van der Waals surface area contributed by atoms with Gasteiger partial charge in [-0.1, -0.05) is 20.8 Å². The Balaban J connectivity index is 2.52. The summed E-state index contributed by atoms with van der Waals surface area (Å²) in [4.78, 5) is 13.8. The molecule has 82 valence electrons. The number of carbonyl (C=O) groups excluding carboxylic acids is 1. The topological polar surface area (TPSA) is 32.3 Å². The molecule has 1 atom stereocenters. The number of nitrogens with zero attached hydrogens (tertiary/aromatic N) is 1. The first kappa shape index (κ1) is 11.5. The standard InChI is InChI=1S/C11H22N2O/c1-9(2)7-13-8-10(3)6-12-5-4-11(13)14/h9-10,12H,4-8H2,1-3H3. The summed E-state index contributed by atoms with van der Waals surface area (Å²) < 4.78 is 0. The summed E-state index contributed by atoms with van der Waals surface area (Å²) in [6, 6.07) is 0. The van der Waals surface area contributed by atoms with Gasteiger partial charge in [0.05, 0.1) is 0 Å². The van der Waals surface area contributed by atoms with Crippen LogP contribution < -0.4 is 5.32 Å². The molecule has 0 aromatic rings. The van der Waals surface area contributed by atoms with Gasteiger partial charge in [-0.3, -0.25) is 4.79 Å². The predicted octanol–water partition coefficient (Wildman–Crippen LogP) is 1.10. The zero-order valence-corrected chi connectivity index (χ0v) is 9.55. The summed E-state index contributed by atoms with van der Waals surface area (Å²) in [7, 11) is 0. The highest BCUT2D eigenvalue weighted by atomic mass is 16.2. The maximum atomic E-state index is 11.7. The van der Waals surface area contributed by atoms with E-state index in [1.54, 1.807) is 0 Å². The second-order valence-corrected chi connectivity index (χ2v) is 4.75. The summed E-state index contributed by atoms with van der Waals surface area (Å²) in [5, 5.41) is 3.29. The van der Waals surface area contributed by atoms with Crippen molar-refractivity contribution >= 4 is 5.91 Å². The molecular formula is C11H22N2O. The van der Waals surface area contributed by atoms with E-state index in [-0.39, 0.29) is 0 Å². The molecular weight excluding hydrogens is 176 g/mol. The average Bonchev–Trinajstić information content (AvgIpc) is 2.08. The highest BCUT2D eigenvalue weighted by Crippen LogP contribution is 2.07. The fraction of sp³-hybridized carbons (Fsp3) is 0.909. The zero-order valence-electron chi connectivity index (χ0n) is 9.55. The molecule has 0 aromatic carbocycles. The minimum Gasteiger partial charge on any atom is -0.342 e. The van der Waals surface area contributed by atoms with Crippen LogP contribution in [0.5, 0.6) is 0 Å². The van der Waals surface area contributed by atoms with Crippen LogP contribution in [0.4, 0.5) is 0 Å².